The lowest BCUT2D eigenvalue weighted by molar-refractivity contribution is -0.108. The van der Waals surface area contributed by atoms with Crippen molar-refractivity contribution in [1.82, 2.24) is 10.2 Å². The van der Waals surface area contributed by atoms with Crippen LogP contribution in [0.4, 0.5) is 4.79 Å². The lowest BCUT2D eigenvalue weighted by atomic mass is 9.92. The van der Waals surface area contributed by atoms with E-state index in [4.69, 9.17) is 0 Å². The number of carbonyl (C=O) groups excluding carboxylic acids is 3. The number of benzene rings is 1. The third-order valence-electron chi connectivity index (χ3n) is 3.37. The van der Waals surface area contributed by atoms with Crippen molar-refractivity contribution in [2.45, 2.75) is 19.4 Å². The number of nitrogens with one attached hydrogen (secondary N) is 1. The van der Waals surface area contributed by atoms with E-state index in [1.165, 1.54) is 4.90 Å². The van der Waals surface area contributed by atoms with Gasteiger partial charge in [0.2, 0.25) is 0 Å². The number of amides is 2. The van der Waals surface area contributed by atoms with E-state index in [1.807, 2.05) is 30.3 Å². The highest BCUT2D eigenvalue weighted by molar-refractivity contribution is 5.81. The number of hydrogen-bond acceptors (Lipinski definition) is 3. The second-order valence-electron chi connectivity index (χ2n) is 4.58. The van der Waals surface area contributed by atoms with Crippen molar-refractivity contribution in [3.63, 3.8) is 0 Å². The van der Waals surface area contributed by atoms with Crippen molar-refractivity contribution < 1.29 is 14.4 Å². The minimum Gasteiger partial charge on any atom is -0.312 e. The van der Waals surface area contributed by atoms with Crippen molar-refractivity contribution in [2.75, 3.05) is 6.54 Å². The number of carbonyl (C=O) groups is 3. The molecule has 0 radical (unpaired) electrons. The molecule has 104 valence electrons. The summed E-state index contributed by atoms with van der Waals surface area (Å²) >= 11 is 0. The molecule has 1 aromatic rings. The van der Waals surface area contributed by atoms with Gasteiger partial charge in [0.1, 0.15) is 12.6 Å². The second kappa shape index (κ2) is 6.14. The van der Waals surface area contributed by atoms with Gasteiger partial charge in [-0.1, -0.05) is 30.3 Å². The average Bonchev–Trinajstić information content (AvgIpc) is 2.45. The minimum absolute atomic E-state index is 0.0129. The molecule has 0 aromatic heterocycles. The Balaban J connectivity index is 2.51. The second-order valence-corrected chi connectivity index (χ2v) is 4.58. The van der Waals surface area contributed by atoms with Gasteiger partial charge in [-0.2, -0.15) is 0 Å². The Morgan fingerprint density at radius 3 is 2.50 bits per heavy atom. The molecule has 1 atom stereocenters. The fraction of sp³-hybridized carbons (Fsp3) is 0.267. The maximum atomic E-state index is 12.1. The first kappa shape index (κ1) is 14.0. The molecule has 1 heterocycles. The molecular weight excluding hydrogens is 256 g/mol. The predicted molar refractivity (Wildman–Crippen MR) is 73.9 cm³/mol. The van der Waals surface area contributed by atoms with Gasteiger partial charge >= 0.3 is 6.03 Å². The van der Waals surface area contributed by atoms with Gasteiger partial charge in [0, 0.05) is 12.1 Å². The van der Waals surface area contributed by atoms with Crippen LogP contribution in [-0.2, 0) is 9.59 Å². The Labute approximate surface area is 117 Å². The molecule has 0 aliphatic carbocycles. The van der Waals surface area contributed by atoms with Crippen LogP contribution in [0.3, 0.4) is 0 Å². The van der Waals surface area contributed by atoms with E-state index in [0.717, 1.165) is 17.4 Å². The maximum absolute atomic E-state index is 12.1. The summed E-state index contributed by atoms with van der Waals surface area (Å²) in [7, 11) is 0. The molecule has 1 aromatic carbocycles. The van der Waals surface area contributed by atoms with Crippen LogP contribution in [-0.4, -0.2) is 30.0 Å². The number of allylic oxidation sites excluding steroid dienone is 1. The van der Waals surface area contributed by atoms with Crippen LogP contribution >= 0.6 is 0 Å². The molecule has 1 aliphatic rings. The summed E-state index contributed by atoms with van der Waals surface area (Å²) in [4.78, 5) is 35.2. The Morgan fingerprint density at radius 2 is 1.90 bits per heavy atom. The Kier molecular flexibility index (Phi) is 4.30. The van der Waals surface area contributed by atoms with Crippen LogP contribution in [0.1, 0.15) is 24.9 Å². The highest BCUT2D eigenvalue weighted by atomic mass is 16.2. The highest BCUT2D eigenvalue weighted by Crippen LogP contribution is 2.34. The van der Waals surface area contributed by atoms with Crippen LogP contribution in [0.15, 0.2) is 41.6 Å². The molecule has 20 heavy (non-hydrogen) atoms. The minimum atomic E-state index is -0.375. The first-order valence-corrected chi connectivity index (χ1v) is 6.38. The molecular formula is C15H16N2O3. The van der Waals surface area contributed by atoms with E-state index in [2.05, 4.69) is 5.32 Å². The number of rotatable bonds is 5. The molecule has 5 nitrogen and oxygen atoms in total. The quantitative estimate of drug-likeness (QED) is 0.831. The molecule has 1 aliphatic heterocycles. The van der Waals surface area contributed by atoms with E-state index >= 15 is 0 Å². The molecule has 0 fully saturated rings. The topological polar surface area (TPSA) is 66.5 Å². The zero-order valence-electron chi connectivity index (χ0n) is 11.2. The molecule has 0 saturated heterocycles. The molecule has 5 heteroatoms. The number of nitrogens with zero attached hydrogens (tertiary/aromatic N) is 1. The van der Waals surface area contributed by atoms with Crippen molar-refractivity contribution in [2.24, 2.45) is 0 Å². The van der Waals surface area contributed by atoms with Gasteiger partial charge < -0.3 is 19.8 Å². The molecule has 2 rings (SSSR count). The van der Waals surface area contributed by atoms with Gasteiger partial charge in [0.25, 0.3) is 0 Å². The standard InChI is InChI=1S/C15H16N2O3/c1-11-13(7-9-18)14(12-5-3-2-4-6-12)17(8-10-19)15(20)16-11/h2-6,9-10,14H,7-8H2,1H3,(H,16,20). The summed E-state index contributed by atoms with van der Waals surface area (Å²) in [6, 6.07) is 8.70. The fourth-order valence-corrected chi connectivity index (χ4v) is 2.46. The van der Waals surface area contributed by atoms with Crippen LogP contribution in [0.2, 0.25) is 0 Å². The third kappa shape index (κ3) is 2.61. The summed E-state index contributed by atoms with van der Waals surface area (Å²) < 4.78 is 0. The third-order valence-corrected chi connectivity index (χ3v) is 3.37. The highest BCUT2D eigenvalue weighted by Gasteiger charge is 2.33. The summed E-state index contributed by atoms with van der Waals surface area (Å²) in [5, 5.41) is 2.70. The SMILES string of the molecule is CC1=C(CC=O)C(c2ccccc2)N(CC=O)C(=O)N1. The first-order valence-electron chi connectivity index (χ1n) is 6.38. The summed E-state index contributed by atoms with van der Waals surface area (Å²) in [5.41, 5.74) is 2.38. The van der Waals surface area contributed by atoms with Crippen molar-refractivity contribution in [1.29, 1.82) is 0 Å². The number of hydrogen-bond donors (Lipinski definition) is 1. The lowest BCUT2D eigenvalue weighted by Crippen LogP contribution is -2.47. The van der Waals surface area contributed by atoms with Gasteiger partial charge in [-0.25, -0.2) is 4.79 Å². The van der Waals surface area contributed by atoms with Gasteiger partial charge in [-0.3, -0.25) is 0 Å². The molecule has 0 bridgehead atoms. The summed E-state index contributed by atoms with van der Waals surface area (Å²) in [5.74, 6) is 0. The predicted octanol–water partition coefficient (Wildman–Crippen LogP) is 1.81. The smallest absolute Gasteiger partial charge is 0.312 e. The molecule has 2 amide bonds. The zero-order chi connectivity index (χ0) is 14.5. The number of aldehydes is 2. The lowest BCUT2D eigenvalue weighted by Gasteiger charge is -2.37. The van der Waals surface area contributed by atoms with Gasteiger partial charge in [0.15, 0.2) is 0 Å². The largest absolute Gasteiger partial charge is 0.322 e. The number of urea groups is 1. The van der Waals surface area contributed by atoms with E-state index in [0.29, 0.717) is 12.0 Å². The van der Waals surface area contributed by atoms with E-state index in [9.17, 15) is 14.4 Å². The Hall–Kier alpha value is -2.43. The molecule has 0 saturated carbocycles. The first-order chi connectivity index (χ1) is 9.69. The molecule has 1 N–H and O–H groups in total. The molecule has 0 spiro atoms. The van der Waals surface area contributed by atoms with Crippen molar-refractivity contribution in [3.05, 3.63) is 47.2 Å². The van der Waals surface area contributed by atoms with E-state index in [-0.39, 0.29) is 25.0 Å². The van der Waals surface area contributed by atoms with Crippen molar-refractivity contribution >= 4 is 18.6 Å². The monoisotopic (exact) mass is 272 g/mol. The van der Waals surface area contributed by atoms with E-state index in [1.54, 1.807) is 6.92 Å². The maximum Gasteiger partial charge on any atom is 0.322 e. The Morgan fingerprint density at radius 1 is 1.20 bits per heavy atom. The van der Waals surface area contributed by atoms with E-state index < -0.39 is 0 Å². The molecule has 1 unspecified atom stereocenters. The van der Waals surface area contributed by atoms with Crippen LogP contribution in [0.5, 0.6) is 0 Å². The van der Waals surface area contributed by atoms with Crippen LogP contribution in [0.25, 0.3) is 0 Å². The van der Waals surface area contributed by atoms with Crippen LogP contribution < -0.4 is 5.32 Å². The Bertz CT molecular complexity index is 551. The average molecular weight is 272 g/mol. The normalized spacial score (nSPS) is 18.8. The summed E-state index contributed by atoms with van der Waals surface area (Å²) in [6.45, 7) is 1.76. The van der Waals surface area contributed by atoms with Crippen LogP contribution in [0, 0.1) is 0 Å². The van der Waals surface area contributed by atoms with Gasteiger partial charge in [-0.15, -0.1) is 0 Å². The van der Waals surface area contributed by atoms with Gasteiger partial charge in [0.05, 0.1) is 12.6 Å². The summed E-state index contributed by atoms with van der Waals surface area (Å²) in [6.07, 6.45) is 1.72. The fourth-order valence-electron chi connectivity index (χ4n) is 2.46. The zero-order valence-corrected chi connectivity index (χ0v) is 11.2. The van der Waals surface area contributed by atoms with Crippen molar-refractivity contribution in [3.8, 4) is 0 Å². The van der Waals surface area contributed by atoms with Gasteiger partial charge in [-0.05, 0) is 18.1 Å².